The monoisotopic (exact) mass is 271 g/mol. The summed E-state index contributed by atoms with van der Waals surface area (Å²) in [5, 5.41) is 2.34. The zero-order valence-electron chi connectivity index (χ0n) is 11.4. The van der Waals surface area contributed by atoms with Gasteiger partial charge in [0.05, 0.1) is 5.69 Å². The molecule has 3 aromatic rings. The molecule has 98 valence electrons. The SMILES string of the molecule is Cc1nc(-c2ccc3[nH]ccc3c2)sc1CN(C)C. The molecule has 0 aliphatic rings. The Labute approximate surface area is 116 Å². The van der Waals surface area contributed by atoms with Gasteiger partial charge in [-0.15, -0.1) is 11.3 Å². The molecule has 2 heterocycles. The third-order valence-corrected chi connectivity index (χ3v) is 4.34. The predicted molar refractivity (Wildman–Crippen MR) is 81.5 cm³/mol. The zero-order valence-corrected chi connectivity index (χ0v) is 12.2. The summed E-state index contributed by atoms with van der Waals surface area (Å²) < 4.78 is 0. The summed E-state index contributed by atoms with van der Waals surface area (Å²) in [7, 11) is 4.18. The Hall–Kier alpha value is -1.65. The number of thiazole rings is 1. The van der Waals surface area contributed by atoms with E-state index in [1.54, 1.807) is 11.3 Å². The number of nitrogens with one attached hydrogen (secondary N) is 1. The van der Waals surface area contributed by atoms with Gasteiger partial charge in [0.15, 0.2) is 0 Å². The van der Waals surface area contributed by atoms with E-state index in [0.29, 0.717) is 0 Å². The van der Waals surface area contributed by atoms with Crippen LogP contribution in [0.4, 0.5) is 0 Å². The van der Waals surface area contributed by atoms with Gasteiger partial charge in [-0.2, -0.15) is 0 Å². The van der Waals surface area contributed by atoms with Crippen LogP contribution in [0.2, 0.25) is 0 Å². The van der Waals surface area contributed by atoms with Crippen LogP contribution in [0.25, 0.3) is 21.5 Å². The Kier molecular flexibility index (Phi) is 3.12. The number of nitrogens with zero attached hydrogens (tertiary/aromatic N) is 2. The van der Waals surface area contributed by atoms with Gasteiger partial charge in [-0.05, 0) is 45.3 Å². The van der Waals surface area contributed by atoms with Crippen molar-refractivity contribution in [2.75, 3.05) is 14.1 Å². The molecule has 0 saturated carbocycles. The van der Waals surface area contributed by atoms with E-state index in [9.17, 15) is 0 Å². The summed E-state index contributed by atoms with van der Waals surface area (Å²) in [5.41, 5.74) is 3.51. The van der Waals surface area contributed by atoms with Crippen LogP contribution in [0.3, 0.4) is 0 Å². The summed E-state index contributed by atoms with van der Waals surface area (Å²) in [6, 6.07) is 8.55. The van der Waals surface area contributed by atoms with Crippen molar-refractivity contribution in [2.24, 2.45) is 0 Å². The molecule has 0 bridgehead atoms. The highest BCUT2D eigenvalue weighted by Crippen LogP contribution is 2.30. The average Bonchev–Trinajstić information content (AvgIpc) is 2.95. The lowest BCUT2D eigenvalue weighted by atomic mass is 10.2. The first kappa shape index (κ1) is 12.4. The van der Waals surface area contributed by atoms with Gasteiger partial charge in [0.2, 0.25) is 0 Å². The topological polar surface area (TPSA) is 31.9 Å². The van der Waals surface area contributed by atoms with Crippen molar-refractivity contribution in [1.82, 2.24) is 14.9 Å². The number of H-pyrrole nitrogens is 1. The second-order valence-corrected chi connectivity index (χ2v) is 6.13. The molecule has 0 atom stereocenters. The summed E-state index contributed by atoms with van der Waals surface area (Å²) in [4.78, 5) is 11.4. The number of aromatic nitrogens is 2. The normalized spacial score (nSPS) is 11.6. The summed E-state index contributed by atoms with van der Waals surface area (Å²) in [5.74, 6) is 0. The van der Waals surface area contributed by atoms with Crippen molar-refractivity contribution < 1.29 is 0 Å². The second kappa shape index (κ2) is 4.79. The minimum absolute atomic E-state index is 0.954. The molecular weight excluding hydrogens is 254 g/mol. The van der Waals surface area contributed by atoms with Crippen LogP contribution < -0.4 is 0 Å². The first-order valence-corrected chi connectivity index (χ1v) is 7.13. The summed E-state index contributed by atoms with van der Waals surface area (Å²) in [6.07, 6.45) is 1.97. The molecule has 0 spiro atoms. The molecule has 1 N–H and O–H groups in total. The van der Waals surface area contributed by atoms with Gasteiger partial charge in [0.1, 0.15) is 5.01 Å². The fourth-order valence-electron chi connectivity index (χ4n) is 2.17. The van der Waals surface area contributed by atoms with E-state index in [1.165, 1.54) is 21.3 Å². The van der Waals surface area contributed by atoms with Crippen LogP contribution in [0, 0.1) is 6.92 Å². The number of benzene rings is 1. The molecule has 0 unspecified atom stereocenters. The molecule has 1 aromatic carbocycles. The molecule has 3 rings (SSSR count). The zero-order chi connectivity index (χ0) is 13.4. The average molecular weight is 271 g/mol. The second-order valence-electron chi connectivity index (χ2n) is 5.05. The van der Waals surface area contributed by atoms with Crippen LogP contribution in [0.5, 0.6) is 0 Å². The number of rotatable bonds is 3. The van der Waals surface area contributed by atoms with E-state index in [2.05, 4.69) is 55.2 Å². The van der Waals surface area contributed by atoms with Crippen molar-refractivity contribution in [2.45, 2.75) is 13.5 Å². The van der Waals surface area contributed by atoms with Gasteiger partial charge in [-0.3, -0.25) is 0 Å². The third kappa shape index (κ3) is 2.41. The lowest BCUT2D eigenvalue weighted by molar-refractivity contribution is 0.405. The first-order chi connectivity index (χ1) is 9.13. The molecular formula is C15H17N3S. The molecule has 0 saturated heterocycles. The smallest absolute Gasteiger partial charge is 0.123 e. The molecule has 4 heteroatoms. The van der Waals surface area contributed by atoms with Crippen molar-refractivity contribution in [1.29, 1.82) is 0 Å². The Balaban J connectivity index is 2.01. The van der Waals surface area contributed by atoms with Crippen molar-refractivity contribution in [3.8, 4) is 10.6 Å². The maximum atomic E-state index is 4.71. The number of hydrogen-bond acceptors (Lipinski definition) is 3. The van der Waals surface area contributed by atoms with Gasteiger partial charge in [-0.1, -0.05) is 0 Å². The van der Waals surface area contributed by atoms with E-state index in [1.807, 2.05) is 6.20 Å². The largest absolute Gasteiger partial charge is 0.361 e. The van der Waals surface area contributed by atoms with E-state index >= 15 is 0 Å². The molecule has 19 heavy (non-hydrogen) atoms. The fourth-order valence-corrected chi connectivity index (χ4v) is 3.35. The maximum Gasteiger partial charge on any atom is 0.123 e. The van der Waals surface area contributed by atoms with E-state index in [-0.39, 0.29) is 0 Å². The van der Waals surface area contributed by atoms with Crippen LogP contribution in [0.1, 0.15) is 10.6 Å². The number of aromatic amines is 1. The van der Waals surface area contributed by atoms with Crippen molar-refractivity contribution in [3.63, 3.8) is 0 Å². The Morgan fingerprint density at radius 3 is 2.89 bits per heavy atom. The third-order valence-electron chi connectivity index (χ3n) is 3.15. The van der Waals surface area contributed by atoms with Gasteiger partial charge in [0, 0.05) is 34.1 Å². The van der Waals surface area contributed by atoms with E-state index in [0.717, 1.165) is 17.2 Å². The minimum atomic E-state index is 0.954. The standard InChI is InChI=1S/C15H17N3S/c1-10-14(9-18(2)3)19-15(17-10)12-4-5-13-11(8-12)6-7-16-13/h4-8,16H,9H2,1-3H3. The van der Waals surface area contributed by atoms with Gasteiger partial charge in [-0.25, -0.2) is 4.98 Å². The minimum Gasteiger partial charge on any atom is -0.361 e. The first-order valence-electron chi connectivity index (χ1n) is 6.32. The molecule has 2 aromatic heterocycles. The number of aryl methyl sites for hydroxylation is 1. The quantitative estimate of drug-likeness (QED) is 0.788. The molecule has 0 radical (unpaired) electrons. The van der Waals surface area contributed by atoms with Crippen LogP contribution in [0.15, 0.2) is 30.5 Å². The van der Waals surface area contributed by atoms with Crippen molar-refractivity contribution >= 4 is 22.2 Å². The van der Waals surface area contributed by atoms with Crippen LogP contribution in [-0.4, -0.2) is 29.0 Å². The molecule has 0 fully saturated rings. The fraction of sp³-hybridized carbons (Fsp3) is 0.267. The lowest BCUT2D eigenvalue weighted by Gasteiger charge is -2.06. The van der Waals surface area contributed by atoms with E-state index in [4.69, 9.17) is 4.98 Å². The Bertz CT molecular complexity index is 709. The van der Waals surface area contributed by atoms with Crippen LogP contribution in [-0.2, 0) is 6.54 Å². The Morgan fingerprint density at radius 1 is 1.26 bits per heavy atom. The molecule has 0 amide bonds. The highest BCUT2D eigenvalue weighted by Gasteiger charge is 2.10. The lowest BCUT2D eigenvalue weighted by Crippen LogP contribution is -2.10. The number of fused-ring (bicyclic) bond motifs is 1. The molecule has 0 aliphatic heterocycles. The van der Waals surface area contributed by atoms with Gasteiger partial charge in [0.25, 0.3) is 0 Å². The predicted octanol–water partition coefficient (Wildman–Crippen LogP) is 3.66. The maximum absolute atomic E-state index is 4.71. The van der Waals surface area contributed by atoms with Crippen molar-refractivity contribution in [3.05, 3.63) is 41.0 Å². The Morgan fingerprint density at radius 2 is 2.11 bits per heavy atom. The molecule has 3 nitrogen and oxygen atoms in total. The van der Waals surface area contributed by atoms with Crippen LogP contribution >= 0.6 is 11.3 Å². The van der Waals surface area contributed by atoms with Gasteiger partial charge >= 0.3 is 0 Å². The highest BCUT2D eigenvalue weighted by atomic mass is 32.1. The number of hydrogen-bond donors (Lipinski definition) is 1. The van der Waals surface area contributed by atoms with Gasteiger partial charge < -0.3 is 9.88 Å². The summed E-state index contributed by atoms with van der Waals surface area (Å²) >= 11 is 1.79. The van der Waals surface area contributed by atoms with E-state index < -0.39 is 0 Å². The summed E-state index contributed by atoms with van der Waals surface area (Å²) in [6.45, 7) is 3.05. The molecule has 0 aliphatic carbocycles. The highest BCUT2D eigenvalue weighted by molar-refractivity contribution is 7.15.